The number of ether oxygens (including phenoxy) is 2. The molecule has 1 aliphatic carbocycles. The van der Waals surface area contributed by atoms with Gasteiger partial charge in [0.1, 0.15) is 5.75 Å². The Hall–Kier alpha value is -2.40. The number of rotatable bonds is 6. The van der Waals surface area contributed by atoms with Crippen LogP contribution in [0.15, 0.2) is 48.7 Å². The van der Waals surface area contributed by atoms with Crippen LogP contribution in [0.25, 0.3) is 0 Å². The highest BCUT2D eigenvalue weighted by atomic mass is 16.5. The second-order valence-corrected chi connectivity index (χ2v) is 6.74. The first-order chi connectivity index (χ1) is 12.3. The van der Waals surface area contributed by atoms with Crippen molar-refractivity contribution in [2.24, 2.45) is 5.92 Å². The summed E-state index contributed by atoms with van der Waals surface area (Å²) in [6.45, 7) is 2.27. The lowest BCUT2D eigenvalue weighted by molar-refractivity contribution is 0.0480. The van der Waals surface area contributed by atoms with Gasteiger partial charge in [-0.15, -0.1) is 0 Å². The maximum Gasteiger partial charge on any atom is 0.254 e. The number of carbonyl (C=O) groups excluding carboxylic acids is 1. The van der Waals surface area contributed by atoms with Crippen molar-refractivity contribution in [2.45, 2.75) is 25.4 Å². The molecule has 2 heterocycles. The quantitative estimate of drug-likeness (QED) is 0.809. The molecular weight excluding hydrogens is 316 g/mol. The highest BCUT2D eigenvalue weighted by Crippen LogP contribution is 2.30. The number of hydrogen-bond donors (Lipinski definition) is 0. The highest BCUT2D eigenvalue weighted by Gasteiger charge is 2.30. The first-order valence-corrected chi connectivity index (χ1v) is 8.88. The van der Waals surface area contributed by atoms with Crippen LogP contribution in [0.5, 0.6) is 11.6 Å². The Balaban J connectivity index is 1.37. The van der Waals surface area contributed by atoms with Gasteiger partial charge in [0, 0.05) is 37.5 Å². The standard InChI is InChI=1S/C20H22N2O3/c23-20(22-11-9-18(13-22)24-14-15-7-8-15)16-4-3-5-17(12-16)25-19-6-1-2-10-21-19/h1-6,10,12,15,18H,7-9,11,13-14H2. The fraction of sp³-hybridized carbons (Fsp3) is 0.400. The van der Waals surface area contributed by atoms with Gasteiger partial charge in [0.25, 0.3) is 5.91 Å². The summed E-state index contributed by atoms with van der Waals surface area (Å²) >= 11 is 0. The maximum atomic E-state index is 12.7. The lowest BCUT2D eigenvalue weighted by atomic mass is 10.2. The summed E-state index contributed by atoms with van der Waals surface area (Å²) in [7, 11) is 0. The summed E-state index contributed by atoms with van der Waals surface area (Å²) in [4.78, 5) is 18.8. The van der Waals surface area contributed by atoms with E-state index in [1.165, 1.54) is 12.8 Å². The van der Waals surface area contributed by atoms with E-state index in [1.807, 2.05) is 35.2 Å². The molecule has 130 valence electrons. The Morgan fingerprint density at radius 1 is 1.16 bits per heavy atom. The van der Waals surface area contributed by atoms with Gasteiger partial charge >= 0.3 is 0 Å². The first-order valence-electron chi connectivity index (χ1n) is 8.88. The summed E-state index contributed by atoms with van der Waals surface area (Å²) in [5.41, 5.74) is 0.635. The molecule has 5 nitrogen and oxygen atoms in total. The number of aromatic nitrogens is 1. The van der Waals surface area contributed by atoms with Crippen LogP contribution in [0.3, 0.4) is 0 Å². The largest absolute Gasteiger partial charge is 0.439 e. The summed E-state index contributed by atoms with van der Waals surface area (Å²) in [5, 5.41) is 0. The van der Waals surface area contributed by atoms with Crippen molar-refractivity contribution in [3.63, 3.8) is 0 Å². The normalized spacial score (nSPS) is 19.8. The Labute approximate surface area is 147 Å². The number of nitrogens with zero attached hydrogens (tertiary/aromatic N) is 2. The van der Waals surface area contributed by atoms with Gasteiger partial charge in [-0.1, -0.05) is 12.1 Å². The van der Waals surface area contributed by atoms with Crippen LogP contribution in [0.2, 0.25) is 0 Å². The second kappa shape index (κ2) is 7.23. The molecule has 0 bridgehead atoms. The van der Waals surface area contributed by atoms with E-state index in [2.05, 4.69) is 4.98 Å². The summed E-state index contributed by atoms with van der Waals surface area (Å²) in [5.74, 6) is 1.92. The van der Waals surface area contributed by atoms with Gasteiger partial charge in [0.15, 0.2) is 0 Å². The summed E-state index contributed by atoms with van der Waals surface area (Å²) in [6, 6.07) is 12.8. The van der Waals surface area contributed by atoms with E-state index in [0.29, 0.717) is 23.7 Å². The molecule has 1 atom stereocenters. The average molecular weight is 338 g/mol. The zero-order chi connectivity index (χ0) is 17.1. The molecule has 25 heavy (non-hydrogen) atoms. The minimum absolute atomic E-state index is 0.0315. The fourth-order valence-corrected chi connectivity index (χ4v) is 3.01. The van der Waals surface area contributed by atoms with Gasteiger partial charge in [-0.2, -0.15) is 0 Å². The zero-order valence-corrected chi connectivity index (χ0v) is 14.1. The molecule has 0 spiro atoms. The number of hydrogen-bond acceptors (Lipinski definition) is 4. The molecule has 2 fully saturated rings. The number of amides is 1. The van der Waals surface area contributed by atoms with E-state index >= 15 is 0 Å². The highest BCUT2D eigenvalue weighted by molar-refractivity contribution is 5.94. The Kier molecular flexibility index (Phi) is 4.65. The van der Waals surface area contributed by atoms with Crippen molar-refractivity contribution in [3.05, 3.63) is 54.2 Å². The molecule has 0 N–H and O–H groups in total. The first kappa shape index (κ1) is 16.1. The van der Waals surface area contributed by atoms with E-state index in [4.69, 9.17) is 9.47 Å². The van der Waals surface area contributed by atoms with Gasteiger partial charge in [-0.25, -0.2) is 4.98 Å². The second-order valence-electron chi connectivity index (χ2n) is 6.74. The third-order valence-corrected chi connectivity index (χ3v) is 4.64. The number of benzene rings is 1. The predicted molar refractivity (Wildman–Crippen MR) is 93.7 cm³/mol. The fourth-order valence-electron chi connectivity index (χ4n) is 3.01. The molecule has 1 aromatic carbocycles. The number of carbonyl (C=O) groups is 1. The van der Waals surface area contributed by atoms with Crippen LogP contribution in [0, 0.1) is 5.92 Å². The van der Waals surface area contributed by atoms with Crippen LogP contribution in [0.1, 0.15) is 29.6 Å². The van der Waals surface area contributed by atoms with Crippen molar-refractivity contribution in [3.8, 4) is 11.6 Å². The van der Waals surface area contributed by atoms with E-state index in [-0.39, 0.29) is 12.0 Å². The monoisotopic (exact) mass is 338 g/mol. The Morgan fingerprint density at radius 2 is 2.08 bits per heavy atom. The van der Waals surface area contributed by atoms with E-state index in [9.17, 15) is 4.79 Å². The molecule has 1 amide bonds. The molecule has 1 aliphatic heterocycles. The third kappa shape index (κ3) is 4.17. The van der Waals surface area contributed by atoms with Crippen molar-refractivity contribution in [1.82, 2.24) is 9.88 Å². The van der Waals surface area contributed by atoms with Crippen molar-refractivity contribution >= 4 is 5.91 Å². The Morgan fingerprint density at radius 3 is 2.88 bits per heavy atom. The SMILES string of the molecule is O=C(c1cccc(Oc2ccccn2)c1)N1CCC(OCC2CC2)C1. The third-order valence-electron chi connectivity index (χ3n) is 4.64. The lowest BCUT2D eigenvalue weighted by Crippen LogP contribution is -2.30. The van der Waals surface area contributed by atoms with Crippen LogP contribution in [0.4, 0.5) is 0 Å². The molecule has 1 saturated heterocycles. The minimum Gasteiger partial charge on any atom is -0.439 e. The van der Waals surface area contributed by atoms with E-state index in [0.717, 1.165) is 25.5 Å². The minimum atomic E-state index is 0.0315. The van der Waals surface area contributed by atoms with Crippen LogP contribution in [-0.4, -0.2) is 41.6 Å². The van der Waals surface area contributed by atoms with E-state index < -0.39 is 0 Å². The smallest absolute Gasteiger partial charge is 0.254 e. The van der Waals surface area contributed by atoms with E-state index in [1.54, 1.807) is 18.3 Å². The van der Waals surface area contributed by atoms with Gasteiger partial charge < -0.3 is 14.4 Å². The summed E-state index contributed by atoms with van der Waals surface area (Å²) in [6.07, 6.45) is 5.35. The molecule has 1 aromatic heterocycles. The van der Waals surface area contributed by atoms with Crippen molar-refractivity contribution in [1.29, 1.82) is 0 Å². The van der Waals surface area contributed by atoms with Crippen LogP contribution < -0.4 is 4.74 Å². The number of pyridine rings is 1. The maximum absolute atomic E-state index is 12.7. The molecule has 2 aromatic rings. The molecule has 5 heteroatoms. The lowest BCUT2D eigenvalue weighted by Gasteiger charge is -2.17. The summed E-state index contributed by atoms with van der Waals surface area (Å²) < 4.78 is 11.6. The molecule has 0 radical (unpaired) electrons. The van der Waals surface area contributed by atoms with Crippen molar-refractivity contribution < 1.29 is 14.3 Å². The van der Waals surface area contributed by atoms with Crippen molar-refractivity contribution in [2.75, 3.05) is 19.7 Å². The average Bonchev–Trinajstić information content (AvgIpc) is 3.36. The van der Waals surface area contributed by atoms with Gasteiger partial charge in [0.2, 0.25) is 5.88 Å². The Bertz CT molecular complexity index is 731. The topological polar surface area (TPSA) is 51.7 Å². The van der Waals surface area contributed by atoms with Crippen LogP contribution in [-0.2, 0) is 4.74 Å². The molecule has 4 rings (SSSR count). The van der Waals surface area contributed by atoms with Gasteiger partial charge in [-0.3, -0.25) is 4.79 Å². The van der Waals surface area contributed by atoms with Crippen LogP contribution >= 0.6 is 0 Å². The number of likely N-dealkylation sites (tertiary alicyclic amines) is 1. The molecule has 2 aliphatic rings. The zero-order valence-electron chi connectivity index (χ0n) is 14.1. The van der Waals surface area contributed by atoms with Gasteiger partial charge in [0.05, 0.1) is 6.10 Å². The molecule has 1 unspecified atom stereocenters. The predicted octanol–water partition coefficient (Wildman–Crippen LogP) is 3.52. The molecule has 1 saturated carbocycles. The van der Waals surface area contributed by atoms with Gasteiger partial charge in [-0.05, 0) is 49.4 Å². The molecular formula is C20H22N2O3.